The average Bonchev–Trinajstić information content (AvgIpc) is 2.42. The average molecular weight is 277 g/mol. The zero-order valence-electron chi connectivity index (χ0n) is 13.0. The first-order valence-corrected chi connectivity index (χ1v) is 7.23. The van der Waals surface area contributed by atoms with E-state index in [1.54, 1.807) is 19.0 Å². The molecule has 0 radical (unpaired) electrons. The second-order valence-corrected chi connectivity index (χ2v) is 5.59. The topological polar surface area (TPSA) is 44.4 Å². The smallest absolute Gasteiger partial charge is 0.316 e. The van der Waals surface area contributed by atoms with Gasteiger partial charge in [0.05, 0.1) is 0 Å². The van der Waals surface area contributed by atoms with Gasteiger partial charge < -0.3 is 15.5 Å². The molecule has 0 spiro atoms. The zero-order chi connectivity index (χ0) is 15.0. The van der Waals surface area contributed by atoms with Gasteiger partial charge in [-0.1, -0.05) is 44.2 Å². The van der Waals surface area contributed by atoms with Crippen molar-refractivity contribution in [1.82, 2.24) is 15.5 Å². The number of amides is 2. The van der Waals surface area contributed by atoms with Crippen molar-refractivity contribution in [2.24, 2.45) is 5.92 Å². The molecule has 2 amide bonds. The molecule has 0 heterocycles. The molecule has 1 aromatic rings. The molecule has 0 aliphatic carbocycles. The molecule has 0 aromatic heterocycles. The summed E-state index contributed by atoms with van der Waals surface area (Å²) < 4.78 is 0. The van der Waals surface area contributed by atoms with E-state index in [2.05, 4.69) is 48.7 Å². The van der Waals surface area contributed by atoms with E-state index in [1.165, 1.54) is 5.56 Å². The van der Waals surface area contributed by atoms with Gasteiger partial charge in [0.1, 0.15) is 0 Å². The van der Waals surface area contributed by atoms with E-state index in [0.717, 1.165) is 13.1 Å². The molecule has 0 saturated carbocycles. The Kier molecular flexibility index (Phi) is 7.09. The number of nitrogens with zero attached hydrogens (tertiary/aromatic N) is 1. The van der Waals surface area contributed by atoms with E-state index >= 15 is 0 Å². The molecule has 0 saturated heterocycles. The molecule has 1 aromatic carbocycles. The normalized spacial score (nSPS) is 12.2. The first-order chi connectivity index (χ1) is 9.52. The van der Waals surface area contributed by atoms with E-state index in [9.17, 15) is 4.79 Å². The number of rotatable bonds is 7. The summed E-state index contributed by atoms with van der Waals surface area (Å²) in [4.78, 5) is 12.9. The van der Waals surface area contributed by atoms with Gasteiger partial charge in [-0.2, -0.15) is 0 Å². The maximum Gasteiger partial charge on any atom is 0.316 e. The summed E-state index contributed by atoms with van der Waals surface area (Å²) in [6, 6.07) is 10.5. The summed E-state index contributed by atoms with van der Waals surface area (Å²) in [6.07, 6.45) is 0. The third-order valence-electron chi connectivity index (χ3n) is 3.38. The van der Waals surface area contributed by atoms with Crippen molar-refractivity contribution in [3.8, 4) is 0 Å². The third-order valence-corrected chi connectivity index (χ3v) is 3.38. The number of benzene rings is 1. The van der Waals surface area contributed by atoms with Gasteiger partial charge in [-0.05, 0) is 17.4 Å². The first kappa shape index (κ1) is 16.5. The van der Waals surface area contributed by atoms with Gasteiger partial charge in [0.2, 0.25) is 0 Å². The Hall–Kier alpha value is -1.55. The molecule has 2 N–H and O–H groups in total. The molecule has 1 unspecified atom stereocenters. The Morgan fingerprint density at radius 1 is 1.15 bits per heavy atom. The molecule has 0 bridgehead atoms. The SMILES string of the molecule is CC(C)C(CNCCNC(=O)N(C)C)c1ccccc1. The maximum atomic E-state index is 11.4. The highest BCUT2D eigenvalue weighted by Gasteiger charge is 2.14. The number of carbonyl (C=O) groups excluding carboxylic acids is 1. The zero-order valence-corrected chi connectivity index (χ0v) is 13.0. The van der Waals surface area contributed by atoms with Crippen molar-refractivity contribution < 1.29 is 4.79 Å². The summed E-state index contributed by atoms with van der Waals surface area (Å²) in [6.45, 7) is 6.85. The maximum absolute atomic E-state index is 11.4. The van der Waals surface area contributed by atoms with Gasteiger partial charge in [-0.3, -0.25) is 0 Å². The van der Waals surface area contributed by atoms with Gasteiger partial charge in [0.25, 0.3) is 0 Å². The van der Waals surface area contributed by atoms with E-state index < -0.39 is 0 Å². The van der Waals surface area contributed by atoms with Gasteiger partial charge >= 0.3 is 6.03 Å². The number of carbonyl (C=O) groups is 1. The quantitative estimate of drug-likeness (QED) is 0.751. The second kappa shape index (κ2) is 8.59. The molecule has 4 heteroatoms. The summed E-state index contributed by atoms with van der Waals surface area (Å²) in [5, 5.41) is 6.28. The lowest BCUT2D eigenvalue weighted by molar-refractivity contribution is 0.217. The molecule has 4 nitrogen and oxygen atoms in total. The molecule has 112 valence electrons. The minimum absolute atomic E-state index is 0.0460. The first-order valence-electron chi connectivity index (χ1n) is 7.23. The van der Waals surface area contributed by atoms with Crippen LogP contribution in [0.2, 0.25) is 0 Å². The van der Waals surface area contributed by atoms with Crippen LogP contribution in [-0.4, -0.2) is 44.7 Å². The highest BCUT2D eigenvalue weighted by molar-refractivity contribution is 5.73. The van der Waals surface area contributed by atoms with Crippen molar-refractivity contribution in [3.05, 3.63) is 35.9 Å². The van der Waals surface area contributed by atoms with Crippen molar-refractivity contribution in [2.75, 3.05) is 33.7 Å². The molecular formula is C16H27N3O. The van der Waals surface area contributed by atoms with Crippen LogP contribution >= 0.6 is 0 Å². The van der Waals surface area contributed by atoms with Crippen molar-refractivity contribution in [1.29, 1.82) is 0 Å². The minimum atomic E-state index is -0.0460. The van der Waals surface area contributed by atoms with E-state index in [-0.39, 0.29) is 6.03 Å². The summed E-state index contributed by atoms with van der Waals surface area (Å²) >= 11 is 0. The fourth-order valence-electron chi connectivity index (χ4n) is 2.11. The van der Waals surface area contributed by atoms with Crippen LogP contribution in [0.5, 0.6) is 0 Å². The van der Waals surface area contributed by atoms with Crippen LogP contribution in [0.3, 0.4) is 0 Å². The third kappa shape index (κ3) is 5.61. The Morgan fingerprint density at radius 3 is 2.35 bits per heavy atom. The van der Waals surface area contributed by atoms with Crippen molar-refractivity contribution >= 4 is 6.03 Å². The summed E-state index contributed by atoms with van der Waals surface area (Å²) in [5.74, 6) is 1.09. The lowest BCUT2D eigenvalue weighted by Gasteiger charge is -2.22. The van der Waals surface area contributed by atoms with E-state index in [4.69, 9.17) is 0 Å². The standard InChI is InChI=1S/C16H27N3O/c1-13(2)15(14-8-6-5-7-9-14)12-17-10-11-18-16(20)19(3)4/h5-9,13,15,17H,10-12H2,1-4H3,(H,18,20). The lowest BCUT2D eigenvalue weighted by Crippen LogP contribution is -2.39. The monoisotopic (exact) mass is 277 g/mol. The predicted molar refractivity (Wildman–Crippen MR) is 84.0 cm³/mol. The van der Waals surface area contributed by atoms with Crippen LogP contribution in [-0.2, 0) is 0 Å². The number of hydrogen-bond acceptors (Lipinski definition) is 2. The van der Waals surface area contributed by atoms with Crippen LogP contribution < -0.4 is 10.6 Å². The molecule has 1 rings (SSSR count). The molecular weight excluding hydrogens is 250 g/mol. The van der Waals surface area contributed by atoms with E-state index in [1.807, 2.05) is 6.07 Å². The lowest BCUT2D eigenvalue weighted by atomic mass is 9.88. The number of hydrogen-bond donors (Lipinski definition) is 2. The molecule has 0 fully saturated rings. The molecule has 0 aliphatic heterocycles. The van der Waals surface area contributed by atoms with Crippen molar-refractivity contribution in [3.63, 3.8) is 0 Å². The largest absolute Gasteiger partial charge is 0.337 e. The fourth-order valence-corrected chi connectivity index (χ4v) is 2.11. The van der Waals surface area contributed by atoms with Gasteiger partial charge in [-0.15, -0.1) is 0 Å². The van der Waals surface area contributed by atoms with E-state index in [0.29, 0.717) is 18.4 Å². The Bertz CT molecular complexity index is 390. The summed E-state index contributed by atoms with van der Waals surface area (Å²) in [7, 11) is 3.49. The number of nitrogens with one attached hydrogen (secondary N) is 2. The van der Waals surface area contributed by atoms with Crippen molar-refractivity contribution in [2.45, 2.75) is 19.8 Å². The van der Waals surface area contributed by atoms with Gasteiger partial charge in [-0.25, -0.2) is 4.79 Å². The Labute approximate surface area is 122 Å². The Balaban J connectivity index is 2.33. The van der Waals surface area contributed by atoms with Crippen LogP contribution in [0, 0.1) is 5.92 Å². The molecule has 20 heavy (non-hydrogen) atoms. The Morgan fingerprint density at radius 2 is 1.80 bits per heavy atom. The van der Waals surface area contributed by atoms with Crippen LogP contribution in [0.4, 0.5) is 4.79 Å². The highest BCUT2D eigenvalue weighted by Crippen LogP contribution is 2.23. The minimum Gasteiger partial charge on any atom is -0.337 e. The number of urea groups is 1. The molecule has 1 atom stereocenters. The molecule has 0 aliphatic rings. The highest BCUT2D eigenvalue weighted by atomic mass is 16.2. The van der Waals surface area contributed by atoms with Gasteiger partial charge in [0.15, 0.2) is 0 Å². The van der Waals surface area contributed by atoms with Crippen LogP contribution in [0.15, 0.2) is 30.3 Å². The summed E-state index contributed by atoms with van der Waals surface area (Å²) in [5.41, 5.74) is 1.37. The van der Waals surface area contributed by atoms with Gasteiger partial charge in [0, 0.05) is 33.7 Å². The fraction of sp³-hybridized carbons (Fsp3) is 0.562. The second-order valence-electron chi connectivity index (χ2n) is 5.59. The predicted octanol–water partition coefficient (Wildman–Crippen LogP) is 2.29. The van der Waals surface area contributed by atoms with Crippen LogP contribution in [0.25, 0.3) is 0 Å². The van der Waals surface area contributed by atoms with Crippen LogP contribution in [0.1, 0.15) is 25.3 Å².